The molecule has 27 heavy (non-hydrogen) atoms. The van der Waals surface area contributed by atoms with Crippen LogP contribution in [0.3, 0.4) is 0 Å². The van der Waals surface area contributed by atoms with Gasteiger partial charge in [-0.2, -0.15) is 0 Å². The molecule has 0 heterocycles. The van der Waals surface area contributed by atoms with Crippen LogP contribution < -0.4 is 16.0 Å². The van der Waals surface area contributed by atoms with Crippen LogP contribution in [0.2, 0.25) is 0 Å². The van der Waals surface area contributed by atoms with Crippen molar-refractivity contribution in [3.05, 3.63) is 65.7 Å². The largest absolute Gasteiger partial charge is 0.357 e. The van der Waals surface area contributed by atoms with Crippen LogP contribution in [0, 0.1) is 5.92 Å². The minimum atomic E-state index is -0.0279. The molecule has 146 valence electrons. The Bertz CT molecular complexity index is 715. The highest BCUT2D eigenvalue weighted by atomic mass is 127. The molecular formula is C21H29IN4O. The molecule has 1 amide bonds. The van der Waals surface area contributed by atoms with Crippen LogP contribution in [0.25, 0.3) is 0 Å². The molecule has 0 fully saturated rings. The second-order valence-electron chi connectivity index (χ2n) is 6.38. The third-order valence-corrected chi connectivity index (χ3v) is 3.81. The topological polar surface area (TPSA) is 65.5 Å². The van der Waals surface area contributed by atoms with Gasteiger partial charge in [0.2, 0.25) is 5.91 Å². The van der Waals surface area contributed by atoms with Crippen LogP contribution in [-0.2, 0) is 17.9 Å². The van der Waals surface area contributed by atoms with E-state index in [1.165, 1.54) is 5.56 Å². The zero-order chi connectivity index (χ0) is 18.8. The summed E-state index contributed by atoms with van der Waals surface area (Å²) in [5, 5.41) is 9.49. The first-order valence-electron chi connectivity index (χ1n) is 9.04. The molecule has 0 radical (unpaired) electrons. The monoisotopic (exact) mass is 480 g/mol. The van der Waals surface area contributed by atoms with Gasteiger partial charge < -0.3 is 16.0 Å². The van der Waals surface area contributed by atoms with Gasteiger partial charge in [-0.3, -0.25) is 4.79 Å². The molecule has 0 aliphatic rings. The average molecular weight is 480 g/mol. The molecule has 0 aliphatic carbocycles. The minimum Gasteiger partial charge on any atom is -0.357 e. The third kappa shape index (κ3) is 8.43. The van der Waals surface area contributed by atoms with E-state index in [1.807, 2.05) is 63.2 Å². The number of hydrogen-bond donors (Lipinski definition) is 3. The van der Waals surface area contributed by atoms with Gasteiger partial charge in [-0.1, -0.05) is 56.3 Å². The number of benzene rings is 2. The van der Waals surface area contributed by atoms with Gasteiger partial charge in [0.15, 0.2) is 5.96 Å². The van der Waals surface area contributed by atoms with E-state index in [1.54, 1.807) is 0 Å². The van der Waals surface area contributed by atoms with Gasteiger partial charge in [0.05, 0.1) is 6.54 Å². The van der Waals surface area contributed by atoms with Crippen molar-refractivity contribution in [2.45, 2.75) is 33.9 Å². The minimum absolute atomic E-state index is 0. The fourth-order valence-corrected chi connectivity index (χ4v) is 2.27. The second kappa shape index (κ2) is 12.3. The Morgan fingerprint density at radius 1 is 0.963 bits per heavy atom. The highest BCUT2D eigenvalue weighted by Crippen LogP contribution is 2.11. The maximum atomic E-state index is 11.7. The van der Waals surface area contributed by atoms with Crippen molar-refractivity contribution in [3.8, 4) is 0 Å². The van der Waals surface area contributed by atoms with Gasteiger partial charge in [0, 0.05) is 24.7 Å². The first kappa shape index (κ1) is 23.0. The summed E-state index contributed by atoms with van der Waals surface area (Å²) >= 11 is 0. The molecule has 0 unspecified atom stereocenters. The van der Waals surface area contributed by atoms with Crippen molar-refractivity contribution in [2.75, 3.05) is 11.9 Å². The maximum Gasteiger partial charge on any atom is 0.226 e. The Labute approximate surface area is 179 Å². The van der Waals surface area contributed by atoms with Gasteiger partial charge in [0.25, 0.3) is 0 Å². The van der Waals surface area contributed by atoms with Crippen molar-refractivity contribution < 1.29 is 4.79 Å². The Balaban J connectivity index is 0.00000364. The Kier molecular flexibility index (Phi) is 10.5. The van der Waals surface area contributed by atoms with Crippen LogP contribution in [0.5, 0.6) is 0 Å². The van der Waals surface area contributed by atoms with Gasteiger partial charge in [-0.05, 0) is 30.2 Å². The number of anilines is 1. The van der Waals surface area contributed by atoms with E-state index < -0.39 is 0 Å². The van der Waals surface area contributed by atoms with Crippen molar-refractivity contribution in [2.24, 2.45) is 10.9 Å². The molecule has 0 atom stereocenters. The summed E-state index contributed by atoms with van der Waals surface area (Å²) in [7, 11) is 0. The normalized spacial score (nSPS) is 10.9. The van der Waals surface area contributed by atoms with Crippen LogP contribution in [0.15, 0.2) is 59.6 Å². The molecule has 0 spiro atoms. The zero-order valence-corrected chi connectivity index (χ0v) is 18.5. The highest BCUT2D eigenvalue weighted by Gasteiger charge is 2.06. The van der Waals surface area contributed by atoms with E-state index in [0.29, 0.717) is 13.1 Å². The quantitative estimate of drug-likeness (QED) is 0.317. The molecule has 0 aromatic heterocycles. The number of nitrogens with one attached hydrogen (secondary N) is 3. The molecule has 5 nitrogen and oxygen atoms in total. The number of aliphatic imine (C=N–C) groups is 1. The van der Waals surface area contributed by atoms with Gasteiger partial charge in [-0.25, -0.2) is 4.99 Å². The summed E-state index contributed by atoms with van der Waals surface area (Å²) in [6.45, 7) is 7.91. The number of amides is 1. The van der Waals surface area contributed by atoms with Gasteiger partial charge in [0.1, 0.15) is 0 Å². The summed E-state index contributed by atoms with van der Waals surface area (Å²) in [6.07, 6.45) is 0. The van der Waals surface area contributed by atoms with Crippen molar-refractivity contribution in [1.29, 1.82) is 0 Å². The van der Waals surface area contributed by atoms with Crippen molar-refractivity contribution in [3.63, 3.8) is 0 Å². The van der Waals surface area contributed by atoms with Crippen LogP contribution in [0.1, 0.15) is 31.9 Å². The summed E-state index contributed by atoms with van der Waals surface area (Å²) < 4.78 is 0. The fraction of sp³-hybridized carbons (Fsp3) is 0.333. The lowest BCUT2D eigenvalue weighted by atomic mass is 10.1. The molecular weight excluding hydrogens is 451 g/mol. The van der Waals surface area contributed by atoms with Crippen LogP contribution in [0.4, 0.5) is 5.69 Å². The molecule has 0 aliphatic heterocycles. The predicted octanol–water partition coefficient (Wildman–Crippen LogP) is 4.15. The Morgan fingerprint density at radius 3 is 2.22 bits per heavy atom. The lowest BCUT2D eigenvalue weighted by Gasteiger charge is -2.12. The SMILES string of the molecule is CCNC(=NCc1ccccc1)NCc1ccc(NC(=O)C(C)C)cc1.I. The molecule has 0 saturated heterocycles. The molecule has 2 rings (SSSR count). The van der Waals surface area contributed by atoms with E-state index in [9.17, 15) is 4.79 Å². The maximum absolute atomic E-state index is 11.7. The number of halogens is 1. The van der Waals surface area contributed by atoms with Gasteiger partial charge in [-0.15, -0.1) is 24.0 Å². The lowest BCUT2D eigenvalue weighted by Crippen LogP contribution is -2.36. The number of hydrogen-bond acceptors (Lipinski definition) is 2. The van der Waals surface area contributed by atoms with Gasteiger partial charge >= 0.3 is 0 Å². The number of nitrogens with zero attached hydrogens (tertiary/aromatic N) is 1. The second-order valence-corrected chi connectivity index (χ2v) is 6.38. The molecule has 2 aromatic carbocycles. The van der Waals surface area contributed by atoms with Crippen molar-refractivity contribution >= 4 is 41.5 Å². The van der Waals surface area contributed by atoms with Crippen LogP contribution >= 0.6 is 24.0 Å². The molecule has 6 heteroatoms. The number of rotatable bonds is 7. The predicted molar refractivity (Wildman–Crippen MR) is 123 cm³/mol. The molecule has 3 N–H and O–H groups in total. The van der Waals surface area contributed by atoms with E-state index in [-0.39, 0.29) is 35.8 Å². The molecule has 2 aromatic rings. The average Bonchev–Trinajstić information content (AvgIpc) is 2.66. The summed E-state index contributed by atoms with van der Waals surface area (Å²) in [5.41, 5.74) is 3.12. The molecule has 0 bridgehead atoms. The number of carbonyl (C=O) groups excluding carboxylic acids is 1. The Hall–Kier alpha value is -2.09. The van der Waals surface area contributed by atoms with Crippen LogP contribution in [-0.4, -0.2) is 18.4 Å². The standard InChI is InChI=1S/C21H28N4O.HI/c1-4-22-21(23-14-17-8-6-5-7-9-17)24-15-18-10-12-19(13-11-18)25-20(26)16(2)3;/h5-13,16H,4,14-15H2,1-3H3,(H,25,26)(H2,22,23,24);1H. The van der Waals surface area contributed by atoms with E-state index >= 15 is 0 Å². The number of carbonyl (C=O) groups is 1. The zero-order valence-electron chi connectivity index (χ0n) is 16.2. The first-order chi connectivity index (χ1) is 12.6. The Morgan fingerprint density at radius 2 is 1.63 bits per heavy atom. The van der Waals surface area contributed by atoms with Crippen molar-refractivity contribution in [1.82, 2.24) is 10.6 Å². The van der Waals surface area contributed by atoms with E-state index in [4.69, 9.17) is 0 Å². The fourth-order valence-electron chi connectivity index (χ4n) is 2.27. The lowest BCUT2D eigenvalue weighted by molar-refractivity contribution is -0.118. The smallest absolute Gasteiger partial charge is 0.226 e. The summed E-state index contributed by atoms with van der Waals surface area (Å²) in [5.74, 6) is 0.784. The molecule has 0 saturated carbocycles. The van der Waals surface area contributed by atoms with E-state index in [0.717, 1.165) is 23.8 Å². The third-order valence-electron chi connectivity index (χ3n) is 3.81. The summed E-state index contributed by atoms with van der Waals surface area (Å²) in [4.78, 5) is 16.3. The first-order valence-corrected chi connectivity index (χ1v) is 9.04. The number of guanidine groups is 1. The highest BCUT2D eigenvalue weighted by molar-refractivity contribution is 14.0. The summed E-state index contributed by atoms with van der Waals surface area (Å²) in [6, 6.07) is 18.0. The van der Waals surface area contributed by atoms with E-state index in [2.05, 4.69) is 33.1 Å².